The lowest BCUT2D eigenvalue weighted by molar-refractivity contribution is -0.113. The zero-order valence-electron chi connectivity index (χ0n) is 12.2. The van der Waals surface area contributed by atoms with Gasteiger partial charge in [-0.1, -0.05) is 17.7 Å². The SMILES string of the molecule is Cc1cc(C)c(SCC(=O)Nc2sccc2C#N)c(C)c1. The molecule has 0 bridgehead atoms. The normalized spacial score (nSPS) is 10.2. The topological polar surface area (TPSA) is 52.9 Å². The van der Waals surface area contributed by atoms with Gasteiger partial charge in [-0.3, -0.25) is 4.79 Å². The molecule has 0 saturated carbocycles. The maximum Gasteiger partial charge on any atom is 0.235 e. The van der Waals surface area contributed by atoms with E-state index >= 15 is 0 Å². The van der Waals surface area contributed by atoms with Gasteiger partial charge < -0.3 is 5.32 Å². The second-order valence-corrected chi connectivity index (χ2v) is 6.74. The maximum atomic E-state index is 12.0. The molecule has 2 aromatic rings. The lowest BCUT2D eigenvalue weighted by Gasteiger charge is -2.10. The number of carbonyl (C=O) groups is 1. The summed E-state index contributed by atoms with van der Waals surface area (Å²) in [4.78, 5) is 13.2. The van der Waals surface area contributed by atoms with Crippen molar-refractivity contribution >= 4 is 34.0 Å². The third kappa shape index (κ3) is 3.87. The Morgan fingerprint density at radius 3 is 2.62 bits per heavy atom. The van der Waals surface area contributed by atoms with Crippen LogP contribution >= 0.6 is 23.1 Å². The molecule has 0 atom stereocenters. The van der Waals surface area contributed by atoms with E-state index in [9.17, 15) is 4.79 Å². The molecule has 0 aliphatic heterocycles. The van der Waals surface area contributed by atoms with E-state index in [0.29, 0.717) is 16.3 Å². The van der Waals surface area contributed by atoms with Crippen LogP contribution in [0.1, 0.15) is 22.3 Å². The predicted octanol–water partition coefficient (Wildman–Crippen LogP) is 4.28. The number of hydrogen-bond donors (Lipinski definition) is 1. The number of amides is 1. The molecule has 0 aliphatic rings. The van der Waals surface area contributed by atoms with Crippen molar-refractivity contribution in [1.29, 1.82) is 5.26 Å². The summed E-state index contributed by atoms with van der Waals surface area (Å²) < 4.78 is 0. The minimum atomic E-state index is -0.0849. The number of rotatable bonds is 4. The first-order valence-corrected chi connectivity index (χ1v) is 8.36. The second kappa shape index (κ2) is 6.79. The summed E-state index contributed by atoms with van der Waals surface area (Å²) in [5.41, 5.74) is 4.13. The summed E-state index contributed by atoms with van der Waals surface area (Å²) in [5.74, 6) is 0.256. The molecule has 0 radical (unpaired) electrons. The van der Waals surface area contributed by atoms with Gasteiger partial charge in [-0.15, -0.1) is 23.1 Å². The average molecular weight is 316 g/mol. The van der Waals surface area contributed by atoms with Gasteiger partial charge in [0.2, 0.25) is 5.91 Å². The Balaban J connectivity index is 2.01. The summed E-state index contributed by atoms with van der Waals surface area (Å²) in [7, 11) is 0. The fourth-order valence-electron chi connectivity index (χ4n) is 2.19. The van der Waals surface area contributed by atoms with E-state index in [-0.39, 0.29) is 5.91 Å². The van der Waals surface area contributed by atoms with Gasteiger partial charge in [0, 0.05) is 4.90 Å². The molecule has 2 rings (SSSR count). The Labute approximate surface area is 133 Å². The van der Waals surface area contributed by atoms with Crippen LogP contribution in [0.4, 0.5) is 5.00 Å². The molecule has 3 nitrogen and oxygen atoms in total. The van der Waals surface area contributed by atoms with Gasteiger partial charge in [0.05, 0.1) is 11.3 Å². The number of anilines is 1. The van der Waals surface area contributed by atoms with Crippen LogP contribution in [0.15, 0.2) is 28.5 Å². The van der Waals surface area contributed by atoms with Crippen molar-refractivity contribution in [1.82, 2.24) is 0 Å². The van der Waals surface area contributed by atoms with Crippen molar-refractivity contribution < 1.29 is 4.79 Å². The fraction of sp³-hybridized carbons (Fsp3) is 0.250. The molecule has 21 heavy (non-hydrogen) atoms. The van der Waals surface area contributed by atoms with Crippen molar-refractivity contribution in [3.63, 3.8) is 0 Å². The van der Waals surface area contributed by atoms with Crippen LogP contribution in [0.25, 0.3) is 0 Å². The van der Waals surface area contributed by atoms with Crippen LogP contribution in [-0.4, -0.2) is 11.7 Å². The first-order chi connectivity index (χ1) is 10.0. The molecule has 1 aromatic carbocycles. The maximum absolute atomic E-state index is 12.0. The Bertz CT molecular complexity index is 690. The molecule has 0 aliphatic carbocycles. The van der Waals surface area contributed by atoms with Gasteiger partial charge in [0.1, 0.15) is 11.1 Å². The van der Waals surface area contributed by atoms with Crippen molar-refractivity contribution in [2.45, 2.75) is 25.7 Å². The minimum Gasteiger partial charge on any atom is -0.316 e. The standard InChI is InChI=1S/C16H16N2OS2/c1-10-6-11(2)15(12(3)7-10)21-9-14(19)18-16-13(8-17)4-5-20-16/h4-7H,9H2,1-3H3,(H,18,19). The van der Waals surface area contributed by atoms with Crippen molar-refractivity contribution in [2.75, 3.05) is 11.1 Å². The summed E-state index contributed by atoms with van der Waals surface area (Å²) >= 11 is 2.90. The molecule has 1 heterocycles. The van der Waals surface area contributed by atoms with E-state index < -0.39 is 0 Å². The van der Waals surface area contributed by atoms with Crippen LogP contribution in [0.3, 0.4) is 0 Å². The zero-order valence-corrected chi connectivity index (χ0v) is 13.8. The molecule has 1 aromatic heterocycles. The number of nitriles is 1. The van der Waals surface area contributed by atoms with Gasteiger partial charge in [0.15, 0.2) is 0 Å². The molecular formula is C16H16N2OS2. The van der Waals surface area contributed by atoms with Gasteiger partial charge in [-0.2, -0.15) is 5.26 Å². The van der Waals surface area contributed by atoms with Crippen molar-refractivity contribution in [3.05, 3.63) is 45.8 Å². The van der Waals surface area contributed by atoms with Crippen molar-refractivity contribution in [2.24, 2.45) is 0 Å². The summed E-state index contributed by atoms with van der Waals surface area (Å²) in [6, 6.07) is 8.03. The van der Waals surface area contributed by atoms with E-state index in [4.69, 9.17) is 5.26 Å². The number of benzene rings is 1. The Hall–Kier alpha value is -1.77. The first-order valence-electron chi connectivity index (χ1n) is 6.49. The molecule has 0 fully saturated rings. The van der Waals surface area contributed by atoms with Crippen LogP contribution in [-0.2, 0) is 4.79 Å². The van der Waals surface area contributed by atoms with Crippen LogP contribution in [0, 0.1) is 32.1 Å². The summed E-state index contributed by atoms with van der Waals surface area (Å²) in [6.07, 6.45) is 0. The summed E-state index contributed by atoms with van der Waals surface area (Å²) in [6.45, 7) is 6.20. The third-order valence-electron chi connectivity index (χ3n) is 2.99. The highest BCUT2D eigenvalue weighted by atomic mass is 32.2. The monoisotopic (exact) mass is 316 g/mol. The molecule has 0 unspecified atom stereocenters. The van der Waals surface area contributed by atoms with E-state index in [0.717, 1.165) is 4.90 Å². The quantitative estimate of drug-likeness (QED) is 0.857. The smallest absolute Gasteiger partial charge is 0.235 e. The largest absolute Gasteiger partial charge is 0.316 e. The van der Waals surface area contributed by atoms with Gasteiger partial charge in [0.25, 0.3) is 0 Å². The fourth-order valence-corrected chi connectivity index (χ4v) is 3.86. The number of thiophene rings is 1. The Morgan fingerprint density at radius 1 is 1.33 bits per heavy atom. The highest BCUT2D eigenvalue weighted by molar-refractivity contribution is 8.00. The minimum absolute atomic E-state index is 0.0849. The van der Waals surface area contributed by atoms with E-state index in [2.05, 4.69) is 44.3 Å². The summed E-state index contributed by atoms with van der Waals surface area (Å²) in [5, 5.41) is 14.2. The number of hydrogen-bond acceptors (Lipinski definition) is 4. The van der Waals surface area contributed by atoms with E-state index in [1.54, 1.807) is 11.4 Å². The number of carbonyl (C=O) groups excluding carboxylic acids is 1. The predicted molar refractivity (Wildman–Crippen MR) is 89.0 cm³/mol. The zero-order chi connectivity index (χ0) is 15.4. The van der Waals surface area contributed by atoms with Gasteiger partial charge in [-0.25, -0.2) is 0 Å². The molecule has 1 N–H and O–H groups in total. The first kappa shape index (κ1) is 15.6. The lowest BCUT2D eigenvalue weighted by Crippen LogP contribution is -2.14. The average Bonchev–Trinajstić information content (AvgIpc) is 2.84. The molecule has 0 saturated heterocycles. The highest BCUT2D eigenvalue weighted by Gasteiger charge is 2.11. The van der Waals surface area contributed by atoms with Crippen LogP contribution < -0.4 is 5.32 Å². The number of nitrogens with zero attached hydrogens (tertiary/aromatic N) is 1. The molecule has 0 spiro atoms. The van der Waals surface area contributed by atoms with E-state index in [1.165, 1.54) is 39.8 Å². The number of nitrogens with one attached hydrogen (secondary N) is 1. The molecular weight excluding hydrogens is 300 g/mol. The molecule has 108 valence electrons. The second-order valence-electron chi connectivity index (χ2n) is 4.84. The van der Waals surface area contributed by atoms with E-state index in [1.807, 2.05) is 0 Å². The Morgan fingerprint density at radius 2 is 2.00 bits per heavy atom. The highest BCUT2D eigenvalue weighted by Crippen LogP contribution is 2.28. The van der Waals surface area contributed by atoms with Crippen LogP contribution in [0.2, 0.25) is 0 Å². The lowest BCUT2D eigenvalue weighted by atomic mass is 10.1. The Kier molecular flexibility index (Phi) is 5.05. The molecule has 5 heteroatoms. The third-order valence-corrected chi connectivity index (χ3v) is 5.16. The van der Waals surface area contributed by atoms with Crippen molar-refractivity contribution in [3.8, 4) is 6.07 Å². The van der Waals surface area contributed by atoms with Gasteiger partial charge in [-0.05, 0) is 43.3 Å². The molecule has 1 amide bonds. The van der Waals surface area contributed by atoms with Gasteiger partial charge >= 0.3 is 0 Å². The van der Waals surface area contributed by atoms with Crippen LogP contribution in [0.5, 0.6) is 0 Å². The number of thioether (sulfide) groups is 1. The number of aryl methyl sites for hydroxylation is 3.